The monoisotopic (exact) mass is 288 g/mol. The number of hydrazone groups is 1. The Bertz CT molecular complexity index is 731. The third kappa shape index (κ3) is 2.75. The first-order valence-electron chi connectivity index (χ1n) is 7.00. The van der Waals surface area contributed by atoms with Gasteiger partial charge < -0.3 is 14.4 Å². The fraction of sp³-hybridized carbons (Fsp3) is 0.333. The Hall–Kier alpha value is -2.34. The zero-order valence-electron chi connectivity index (χ0n) is 11.9. The first-order chi connectivity index (χ1) is 10.1. The fourth-order valence-electron chi connectivity index (χ4n) is 2.39. The lowest BCUT2D eigenvalue weighted by Crippen LogP contribution is -3.11. The molecule has 0 amide bonds. The molecule has 0 atom stereocenters. The van der Waals surface area contributed by atoms with Gasteiger partial charge in [-0.1, -0.05) is 12.1 Å². The Morgan fingerprint density at radius 1 is 1.33 bits per heavy atom. The zero-order chi connectivity index (χ0) is 14.8. The maximum absolute atomic E-state index is 11.9. The minimum Gasteiger partial charge on any atom is -0.506 e. The number of quaternary nitrogens is 1. The second-order valence-electron chi connectivity index (χ2n) is 5.30. The molecule has 1 saturated heterocycles. The highest BCUT2D eigenvalue weighted by molar-refractivity contribution is 5.93. The number of benzene rings is 1. The first kappa shape index (κ1) is 13.6. The van der Waals surface area contributed by atoms with Gasteiger partial charge in [0.2, 0.25) is 0 Å². The summed E-state index contributed by atoms with van der Waals surface area (Å²) in [5.74, 6) is -0.0784. The van der Waals surface area contributed by atoms with E-state index >= 15 is 0 Å². The van der Waals surface area contributed by atoms with Crippen LogP contribution in [0.25, 0.3) is 11.0 Å². The van der Waals surface area contributed by atoms with Crippen molar-refractivity contribution in [3.63, 3.8) is 0 Å². The summed E-state index contributed by atoms with van der Waals surface area (Å²) in [6, 6.07) is 6.90. The molecule has 1 aromatic carbocycles. The van der Waals surface area contributed by atoms with E-state index in [0.717, 1.165) is 26.2 Å². The SMILES string of the molecule is C[NH+]1CCN(/N=C/c2c(O)c3ccccc3oc2=O)CC1. The van der Waals surface area contributed by atoms with Crippen LogP contribution < -0.4 is 10.5 Å². The lowest BCUT2D eigenvalue weighted by Gasteiger charge is -2.27. The summed E-state index contributed by atoms with van der Waals surface area (Å²) in [6.07, 6.45) is 1.40. The predicted octanol–water partition coefficient (Wildman–Crippen LogP) is -0.337. The molecule has 0 radical (unpaired) electrons. The maximum Gasteiger partial charge on any atom is 0.349 e. The van der Waals surface area contributed by atoms with Crippen molar-refractivity contribution in [3.8, 4) is 5.75 Å². The van der Waals surface area contributed by atoms with Crippen molar-refractivity contribution in [3.05, 3.63) is 40.2 Å². The number of piperazine rings is 1. The highest BCUT2D eigenvalue weighted by Gasteiger charge is 2.16. The van der Waals surface area contributed by atoms with Crippen molar-refractivity contribution in [1.29, 1.82) is 0 Å². The molecular weight excluding hydrogens is 270 g/mol. The maximum atomic E-state index is 11.9. The van der Waals surface area contributed by atoms with Gasteiger partial charge in [-0.2, -0.15) is 5.10 Å². The van der Waals surface area contributed by atoms with Gasteiger partial charge in [0, 0.05) is 0 Å². The van der Waals surface area contributed by atoms with Gasteiger partial charge >= 0.3 is 5.63 Å². The van der Waals surface area contributed by atoms with Gasteiger partial charge in [-0.15, -0.1) is 0 Å². The molecule has 1 fully saturated rings. The van der Waals surface area contributed by atoms with Crippen molar-refractivity contribution >= 4 is 17.2 Å². The Kier molecular flexibility index (Phi) is 3.62. The number of hydrogen-bond acceptors (Lipinski definition) is 5. The molecule has 0 bridgehead atoms. The highest BCUT2D eigenvalue weighted by Crippen LogP contribution is 2.24. The average molecular weight is 288 g/mol. The van der Waals surface area contributed by atoms with Crippen LogP contribution in [0.5, 0.6) is 5.75 Å². The number of rotatable bonds is 2. The minimum absolute atomic E-state index is 0.0784. The van der Waals surface area contributed by atoms with E-state index in [1.54, 1.807) is 24.3 Å². The normalized spacial score (nSPS) is 16.9. The summed E-state index contributed by atoms with van der Waals surface area (Å²) in [5.41, 5.74) is -0.102. The summed E-state index contributed by atoms with van der Waals surface area (Å²) < 4.78 is 5.20. The van der Waals surface area contributed by atoms with E-state index in [-0.39, 0.29) is 11.3 Å². The van der Waals surface area contributed by atoms with Crippen molar-refractivity contribution in [2.75, 3.05) is 33.2 Å². The van der Waals surface area contributed by atoms with Gasteiger partial charge in [-0.25, -0.2) is 4.79 Å². The highest BCUT2D eigenvalue weighted by atomic mass is 16.4. The van der Waals surface area contributed by atoms with Crippen LogP contribution in [0.2, 0.25) is 0 Å². The second-order valence-corrected chi connectivity index (χ2v) is 5.30. The third-order valence-electron chi connectivity index (χ3n) is 3.76. The smallest absolute Gasteiger partial charge is 0.349 e. The zero-order valence-corrected chi connectivity index (χ0v) is 11.9. The van der Waals surface area contributed by atoms with Crippen LogP contribution in [0, 0.1) is 0 Å². The Morgan fingerprint density at radius 2 is 2.05 bits per heavy atom. The Balaban J connectivity index is 1.92. The van der Waals surface area contributed by atoms with E-state index in [2.05, 4.69) is 12.1 Å². The Labute approximate surface area is 121 Å². The number of fused-ring (bicyclic) bond motifs is 1. The number of para-hydroxylation sites is 1. The van der Waals surface area contributed by atoms with Crippen LogP contribution in [0.15, 0.2) is 38.6 Å². The van der Waals surface area contributed by atoms with Crippen molar-refractivity contribution < 1.29 is 14.4 Å². The molecule has 0 saturated carbocycles. The Morgan fingerprint density at radius 3 is 2.81 bits per heavy atom. The molecule has 1 aliphatic rings. The topological polar surface area (TPSA) is 70.5 Å². The molecule has 0 spiro atoms. The van der Waals surface area contributed by atoms with Gasteiger partial charge in [0.1, 0.15) is 16.9 Å². The first-order valence-corrected chi connectivity index (χ1v) is 7.00. The molecule has 6 heteroatoms. The number of likely N-dealkylation sites (N-methyl/N-ethyl adjacent to an activating group) is 1. The van der Waals surface area contributed by atoms with Crippen molar-refractivity contribution in [2.24, 2.45) is 5.10 Å². The van der Waals surface area contributed by atoms with Gasteiger partial charge in [0.25, 0.3) is 0 Å². The number of nitrogens with zero attached hydrogens (tertiary/aromatic N) is 2. The van der Waals surface area contributed by atoms with Gasteiger partial charge in [-0.05, 0) is 12.1 Å². The number of hydrogen-bond donors (Lipinski definition) is 2. The molecule has 3 rings (SSSR count). The van der Waals surface area contributed by atoms with Crippen LogP contribution >= 0.6 is 0 Å². The standard InChI is InChI=1S/C15H17N3O3/c1-17-6-8-18(9-7-17)16-10-12-14(19)11-4-2-3-5-13(11)21-15(12)20/h2-5,10,19H,6-9H2,1H3/p+1/b16-10+. The summed E-state index contributed by atoms with van der Waals surface area (Å²) in [7, 11) is 2.14. The quantitative estimate of drug-likeness (QED) is 0.586. The van der Waals surface area contributed by atoms with Gasteiger partial charge in [0.05, 0.1) is 44.8 Å². The molecule has 2 heterocycles. The summed E-state index contributed by atoms with van der Waals surface area (Å²) in [6.45, 7) is 3.69. The molecule has 6 nitrogen and oxygen atoms in total. The van der Waals surface area contributed by atoms with E-state index in [1.807, 2.05) is 5.01 Å². The van der Waals surface area contributed by atoms with Crippen molar-refractivity contribution in [2.45, 2.75) is 0 Å². The number of aromatic hydroxyl groups is 1. The summed E-state index contributed by atoms with van der Waals surface area (Å²) in [4.78, 5) is 13.4. The third-order valence-corrected chi connectivity index (χ3v) is 3.76. The molecule has 1 aliphatic heterocycles. The molecule has 1 aromatic heterocycles. The molecule has 2 N–H and O–H groups in total. The average Bonchev–Trinajstić information content (AvgIpc) is 2.49. The largest absolute Gasteiger partial charge is 0.506 e. The summed E-state index contributed by atoms with van der Waals surface area (Å²) in [5, 5.41) is 16.9. The van der Waals surface area contributed by atoms with E-state index in [9.17, 15) is 9.90 Å². The van der Waals surface area contributed by atoms with Crippen molar-refractivity contribution in [1.82, 2.24) is 5.01 Å². The van der Waals surface area contributed by atoms with Crippen LogP contribution in [-0.4, -0.2) is 49.6 Å². The molecule has 21 heavy (non-hydrogen) atoms. The molecule has 2 aromatic rings. The van der Waals surface area contributed by atoms with E-state index in [0.29, 0.717) is 11.0 Å². The minimum atomic E-state index is -0.574. The van der Waals surface area contributed by atoms with E-state index < -0.39 is 5.63 Å². The molecule has 110 valence electrons. The van der Waals surface area contributed by atoms with Crippen LogP contribution in [0.3, 0.4) is 0 Å². The summed E-state index contributed by atoms with van der Waals surface area (Å²) >= 11 is 0. The van der Waals surface area contributed by atoms with Crippen LogP contribution in [0.4, 0.5) is 0 Å². The molecule has 0 aliphatic carbocycles. The number of nitrogens with one attached hydrogen (secondary N) is 1. The van der Waals surface area contributed by atoms with E-state index in [4.69, 9.17) is 4.42 Å². The lowest BCUT2D eigenvalue weighted by atomic mass is 10.1. The van der Waals surface area contributed by atoms with Crippen LogP contribution in [-0.2, 0) is 0 Å². The van der Waals surface area contributed by atoms with Gasteiger partial charge in [0.15, 0.2) is 0 Å². The van der Waals surface area contributed by atoms with E-state index in [1.165, 1.54) is 11.1 Å². The second kappa shape index (κ2) is 5.57. The van der Waals surface area contributed by atoms with Gasteiger partial charge in [-0.3, -0.25) is 5.01 Å². The molecular formula is C15H18N3O3+. The fourth-order valence-corrected chi connectivity index (χ4v) is 2.39. The van der Waals surface area contributed by atoms with Crippen LogP contribution in [0.1, 0.15) is 5.56 Å². The predicted molar refractivity (Wildman–Crippen MR) is 79.9 cm³/mol. The lowest BCUT2D eigenvalue weighted by molar-refractivity contribution is -0.884. The molecule has 0 unspecified atom stereocenters.